The summed E-state index contributed by atoms with van der Waals surface area (Å²) in [4.78, 5) is 22.6. The van der Waals surface area contributed by atoms with Gasteiger partial charge >= 0.3 is 0 Å². The van der Waals surface area contributed by atoms with Crippen LogP contribution in [0, 0.1) is 33.5 Å². The number of fused-ring (bicyclic) bond motifs is 1. The van der Waals surface area contributed by atoms with E-state index in [-0.39, 0.29) is 11.5 Å². The predicted molar refractivity (Wildman–Crippen MR) is 131 cm³/mol. The van der Waals surface area contributed by atoms with Gasteiger partial charge < -0.3 is 5.11 Å². The van der Waals surface area contributed by atoms with Crippen LogP contribution >= 0.6 is 11.3 Å². The minimum Gasteiger partial charge on any atom is -0.493 e. The summed E-state index contributed by atoms with van der Waals surface area (Å²) in [6.07, 6.45) is 0. The van der Waals surface area contributed by atoms with Crippen molar-refractivity contribution in [3.63, 3.8) is 0 Å². The monoisotopic (exact) mass is 471 g/mol. The Morgan fingerprint density at radius 1 is 0.971 bits per heavy atom. The molecule has 1 aliphatic heterocycles. The van der Waals surface area contributed by atoms with Crippen LogP contribution in [0.15, 0.2) is 64.6 Å². The van der Waals surface area contributed by atoms with Gasteiger partial charge in [-0.3, -0.25) is 9.36 Å². The quantitative estimate of drug-likeness (QED) is 0.487. The van der Waals surface area contributed by atoms with Crippen molar-refractivity contribution in [2.24, 2.45) is 9.98 Å². The van der Waals surface area contributed by atoms with Gasteiger partial charge in [0.1, 0.15) is 10.7 Å². The molecule has 0 fully saturated rings. The van der Waals surface area contributed by atoms with Gasteiger partial charge in [0.2, 0.25) is 5.88 Å². The third-order valence-corrected chi connectivity index (χ3v) is 7.35. The summed E-state index contributed by atoms with van der Waals surface area (Å²) >= 11 is 1.18. The van der Waals surface area contributed by atoms with E-state index in [2.05, 4.69) is 4.99 Å². The number of aromatic nitrogens is 1. The molecule has 170 valence electrons. The number of hydrogen-bond acceptors (Lipinski definition) is 4. The Hall–Kier alpha value is -3.84. The van der Waals surface area contributed by atoms with Crippen molar-refractivity contribution in [1.29, 1.82) is 0 Å². The smallest absolute Gasteiger partial charge is 0.279 e. The van der Waals surface area contributed by atoms with Crippen molar-refractivity contribution >= 4 is 28.5 Å². The second kappa shape index (κ2) is 8.18. The Morgan fingerprint density at radius 2 is 1.68 bits per heavy atom. The zero-order valence-corrected chi connectivity index (χ0v) is 20.0. The Balaban J connectivity index is 1.89. The fraction of sp³-hybridized carbons (Fsp3) is 0.148. The molecule has 1 amide bonds. The predicted octanol–water partition coefficient (Wildman–Crippen LogP) is 4.21. The van der Waals surface area contributed by atoms with Gasteiger partial charge in [-0.1, -0.05) is 35.6 Å². The van der Waals surface area contributed by atoms with Crippen LogP contribution in [0.1, 0.15) is 27.1 Å². The molecule has 0 aliphatic carbocycles. The van der Waals surface area contributed by atoms with Crippen molar-refractivity contribution in [3.8, 4) is 11.6 Å². The van der Waals surface area contributed by atoms with Crippen molar-refractivity contribution in [3.05, 3.63) is 103 Å². The lowest BCUT2D eigenvalue weighted by molar-refractivity contribution is -0.112. The van der Waals surface area contributed by atoms with Crippen LogP contribution in [0.3, 0.4) is 0 Å². The summed E-state index contributed by atoms with van der Waals surface area (Å²) in [6.45, 7) is 7.99. The summed E-state index contributed by atoms with van der Waals surface area (Å²) in [6, 6.07) is 15.7. The van der Waals surface area contributed by atoms with E-state index in [0.717, 1.165) is 33.6 Å². The number of thiazole rings is 1. The lowest BCUT2D eigenvalue weighted by atomic mass is 10.1. The molecule has 34 heavy (non-hydrogen) atoms. The first-order chi connectivity index (χ1) is 16.3. The molecular weight excluding hydrogens is 449 g/mol. The van der Waals surface area contributed by atoms with Crippen molar-refractivity contribution in [2.45, 2.75) is 27.7 Å². The molecule has 3 aromatic carbocycles. The average Bonchev–Trinajstić information content (AvgIpc) is 3.28. The second-order valence-corrected chi connectivity index (χ2v) is 9.35. The normalized spacial score (nSPS) is 13.4. The van der Waals surface area contributed by atoms with Crippen LogP contribution in [0.2, 0.25) is 0 Å². The molecule has 0 saturated carbocycles. The number of amides is 1. The molecule has 4 aromatic rings. The van der Waals surface area contributed by atoms with E-state index in [0.29, 0.717) is 20.3 Å². The van der Waals surface area contributed by atoms with Crippen LogP contribution in [0.4, 0.5) is 10.1 Å². The number of hydrogen-bond donors (Lipinski definition) is 1. The fourth-order valence-corrected chi connectivity index (χ4v) is 5.16. The van der Waals surface area contributed by atoms with Crippen molar-refractivity contribution < 1.29 is 14.3 Å². The minimum atomic E-state index is -0.511. The Morgan fingerprint density at radius 3 is 2.44 bits per heavy atom. The number of rotatable bonds is 3. The molecule has 0 atom stereocenters. The molecular formula is C27H22FN3O2S. The van der Waals surface area contributed by atoms with Gasteiger partial charge in [0, 0.05) is 5.22 Å². The number of nitrogens with zero attached hydrogens (tertiary/aromatic N) is 3. The maximum Gasteiger partial charge on any atom is 0.279 e. The number of aryl methyl sites for hydroxylation is 2. The van der Waals surface area contributed by atoms with Crippen LogP contribution < -0.4 is 15.4 Å². The molecule has 5 rings (SSSR count). The van der Waals surface area contributed by atoms with Gasteiger partial charge in [0.25, 0.3) is 5.91 Å². The van der Waals surface area contributed by atoms with Crippen LogP contribution in [0.25, 0.3) is 11.3 Å². The minimum absolute atomic E-state index is 0.126. The Bertz CT molecular complexity index is 1700. The molecule has 5 nitrogen and oxygen atoms in total. The highest BCUT2D eigenvalue weighted by atomic mass is 32.1. The first-order valence-electron chi connectivity index (χ1n) is 10.8. The average molecular weight is 472 g/mol. The van der Waals surface area contributed by atoms with Crippen LogP contribution in [0.5, 0.6) is 5.88 Å². The Labute approximate surface area is 199 Å². The van der Waals surface area contributed by atoms with Gasteiger partial charge in [0.15, 0.2) is 4.80 Å². The molecule has 0 unspecified atom stereocenters. The maximum atomic E-state index is 14.0. The van der Waals surface area contributed by atoms with E-state index in [1.54, 1.807) is 4.57 Å². The fourth-order valence-electron chi connectivity index (χ4n) is 4.07. The molecule has 0 saturated heterocycles. The standard InChI is InChI=1S/C27H22FN3O2S/c1-14-7-5-9-20(16(14)3)30-27-31(22-10-6-8-15(2)17(22)4)26(33)24(34-27)23-19-13-18(28)11-12-21(19)29-25(23)32/h5-13,33H,1-4H3. The van der Waals surface area contributed by atoms with Gasteiger partial charge in [-0.05, 0) is 80.3 Å². The van der Waals surface area contributed by atoms with E-state index in [9.17, 15) is 14.3 Å². The summed E-state index contributed by atoms with van der Waals surface area (Å²) in [5.74, 6) is -1.11. The maximum absolute atomic E-state index is 14.0. The molecule has 1 N–H and O–H groups in total. The highest BCUT2D eigenvalue weighted by molar-refractivity contribution is 7.11. The number of benzene rings is 3. The molecule has 2 heterocycles. The number of halogens is 1. The molecule has 0 bridgehead atoms. The summed E-state index contributed by atoms with van der Waals surface area (Å²) < 4.78 is 15.7. The van der Waals surface area contributed by atoms with Gasteiger partial charge in [-0.25, -0.2) is 14.4 Å². The summed E-state index contributed by atoms with van der Waals surface area (Å²) in [5.41, 5.74) is 5.86. The van der Waals surface area contributed by atoms with Crippen LogP contribution in [-0.4, -0.2) is 15.6 Å². The Kier molecular flexibility index (Phi) is 5.29. The molecule has 7 heteroatoms. The first-order valence-corrected chi connectivity index (χ1v) is 11.6. The lowest BCUT2D eigenvalue weighted by Gasteiger charge is -2.11. The van der Waals surface area contributed by atoms with Gasteiger partial charge in [-0.2, -0.15) is 0 Å². The molecule has 0 spiro atoms. The van der Waals surface area contributed by atoms with E-state index >= 15 is 0 Å². The zero-order valence-electron chi connectivity index (χ0n) is 19.2. The van der Waals surface area contributed by atoms with E-state index in [1.165, 1.54) is 29.5 Å². The number of aromatic hydroxyl groups is 1. The largest absolute Gasteiger partial charge is 0.493 e. The van der Waals surface area contributed by atoms with Crippen molar-refractivity contribution in [2.75, 3.05) is 0 Å². The highest BCUT2D eigenvalue weighted by Gasteiger charge is 2.27. The molecule has 1 aliphatic rings. The number of carbonyl (C=O) groups excluding carboxylic acids is 1. The first kappa shape index (κ1) is 22.0. The third-order valence-electron chi connectivity index (χ3n) is 6.30. The summed E-state index contributed by atoms with van der Waals surface area (Å²) in [5, 5.41) is 12.2. The van der Waals surface area contributed by atoms with Gasteiger partial charge in [0.05, 0.1) is 22.3 Å². The van der Waals surface area contributed by atoms with Gasteiger partial charge in [-0.15, -0.1) is 0 Å². The SMILES string of the molecule is Cc1cccc(N=c2sc(C3=c4cc(F)ccc4=NC3=O)c(O)n2-c2cccc(C)c2C)c1C. The number of carbonyl (C=O) groups is 1. The molecule has 0 radical (unpaired) electrons. The van der Waals surface area contributed by atoms with Crippen molar-refractivity contribution in [1.82, 2.24) is 4.57 Å². The topological polar surface area (TPSA) is 66.9 Å². The lowest BCUT2D eigenvalue weighted by Crippen LogP contribution is -2.23. The zero-order chi connectivity index (χ0) is 24.1. The molecule has 1 aromatic heterocycles. The van der Waals surface area contributed by atoms with E-state index < -0.39 is 11.7 Å². The third kappa shape index (κ3) is 3.49. The van der Waals surface area contributed by atoms with E-state index in [4.69, 9.17) is 4.99 Å². The van der Waals surface area contributed by atoms with E-state index in [1.807, 2.05) is 64.1 Å². The second-order valence-electron chi connectivity index (χ2n) is 8.38. The highest BCUT2D eigenvalue weighted by Crippen LogP contribution is 2.33. The summed E-state index contributed by atoms with van der Waals surface area (Å²) in [7, 11) is 0. The van der Waals surface area contributed by atoms with Crippen LogP contribution in [-0.2, 0) is 4.79 Å².